The molecule has 3 N–H and O–H groups in total. The summed E-state index contributed by atoms with van der Waals surface area (Å²) in [5.41, 5.74) is 7.60. The molecule has 7 heteroatoms. The third-order valence-electron chi connectivity index (χ3n) is 6.28. The number of carbonyl (C=O) groups is 2. The number of hydrogen-bond donors (Lipinski definition) is 2. The Morgan fingerprint density at radius 3 is 2.59 bits per heavy atom. The Labute approximate surface area is 163 Å². The summed E-state index contributed by atoms with van der Waals surface area (Å²) >= 11 is 1.34. The molecule has 1 aliphatic carbocycles. The lowest BCUT2D eigenvalue weighted by Crippen LogP contribution is -2.47. The molecule has 1 aliphatic heterocycles. The van der Waals surface area contributed by atoms with E-state index in [0.29, 0.717) is 16.5 Å². The maximum Gasteiger partial charge on any atom is 0.263 e. The highest BCUT2D eigenvalue weighted by molar-refractivity contribution is 7.21. The summed E-state index contributed by atoms with van der Waals surface area (Å²) in [6.07, 6.45) is 5.12. The van der Waals surface area contributed by atoms with Crippen LogP contribution in [0.1, 0.15) is 54.4 Å². The van der Waals surface area contributed by atoms with Crippen LogP contribution < -0.4 is 11.1 Å². The number of amides is 2. The molecule has 3 heterocycles. The number of rotatable bonds is 3. The van der Waals surface area contributed by atoms with E-state index >= 15 is 0 Å². The molecule has 2 aromatic heterocycles. The zero-order chi connectivity index (χ0) is 19.2. The summed E-state index contributed by atoms with van der Waals surface area (Å²) in [5, 5.41) is 3.47. The van der Waals surface area contributed by atoms with Crippen LogP contribution in [0.5, 0.6) is 0 Å². The van der Waals surface area contributed by atoms with Crippen LogP contribution in [0.3, 0.4) is 0 Å². The number of fused-ring (bicyclic) bond motifs is 1. The van der Waals surface area contributed by atoms with E-state index in [1.165, 1.54) is 17.8 Å². The van der Waals surface area contributed by atoms with Gasteiger partial charge >= 0.3 is 0 Å². The Morgan fingerprint density at radius 2 is 2.00 bits per heavy atom. The van der Waals surface area contributed by atoms with Gasteiger partial charge in [0.25, 0.3) is 5.91 Å². The Hall–Kier alpha value is -2.15. The van der Waals surface area contributed by atoms with Gasteiger partial charge in [0.15, 0.2) is 0 Å². The molecule has 6 nitrogen and oxygen atoms in total. The predicted molar refractivity (Wildman–Crippen MR) is 108 cm³/mol. The number of anilines is 1. The van der Waals surface area contributed by atoms with Crippen LogP contribution in [0.2, 0.25) is 0 Å². The molecule has 2 amide bonds. The highest BCUT2D eigenvalue weighted by Crippen LogP contribution is 2.39. The average Bonchev–Trinajstić information content (AvgIpc) is 2.96. The van der Waals surface area contributed by atoms with Crippen LogP contribution in [0.15, 0.2) is 12.1 Å². The van der Waals surface area contributed by atoms with Crippen LogP contribution in [0.25, 0.3) is 10.2 Å². The van der Waals surface area contributed by atoms with Crippen molar-refractivity contribution in [2.75, 3.05) is 25.9 Å². The Kier molecular flexibility index (Phi) is 4.58. The highest BCUT2D eigenvalue weighted by Gasteiger charge is 2.37. The number of nitrogen functional groups attached to an aromatic ring is 1. The fourth-order valence-corrected chi connectivity index (χ4v) is 5.05. The Morgan fingerprint density at radius 1 is 1.30 bits per heavy atom. The van der Waals surface area contributed by atoms with E-state index in [9.17, 15) is 9.59 Å². The minimum atomic E-state index is -0.175. The van der Waals surface area contributed by atoms with Gasteiger partial charge in [-0.15, -0.1) is 11.3 Å². The molecule has 0 radical (unpaired) electrons. The monoisotopic (exact) mass is 386 g/mol. The van der Waals surface area contributed by atoms with Gasteiger partial charge in [0.05, 0.1) is 5.69 Å². The van der Waals surface area contributed by atoms with E-state index in [4.69, 9.17) is 10.7 Å². The van der Waals surface area contributed by atoms with Crippen LogP contribution in [-0.2, 0) is 10.2 Å². The molecular formula is C20H26N4O2S. The summed E-state index contributed by atoms with van der Waals surface area (Å²) in [4.78, 5) is 32.7. The van der Waals surface area contributed by atoms with Crippen molar-refractivity contribution in [1.82, 2.24) is 15.2 Å². The van der Waals surface area contributed by atoms with Crippen LogP contribution >= 0.6 is 11.3 Å². The number of carbonyl (C=O) groups excluding carboxylic acids is 2. The molecule has 0 unspecified atom stereocenters. The van der Waals surface area contributed by atoms with Gasteiger partial charge in [-0.05, 0) is 37.8 Å². The van der Waals surface area contributed by atoms with Crippen molar-refractivity contribution in [1.29, 1.82) is 0 Å². The van der Waals surface area contributed by atoms with E-state index in [-0.39, 0.29) is 17.2 Å². The van der Waals surface area contributed by atoms with Gasteiger partial charge in [-0.25, -0.2) is 4.98 Å². The molecule has 2 aromatic rings. The molecular weight excluding hydrogens is 360 g/mol. The molecule has 2 aliphatic rings. The summed E-state index contributed by atoms with van der Waals surface area (Å²) in [7, 11) is 1.60. The van der Waals surface area contributed by atoms with Crippen molar-refractivity contribution in [2.24, 2.45) is 5.92 Å². The first-order valence-corrected chi connectivity index (χ1v) is 10.4. The third kappa shape index (κ3) is 3.08. The fourth-order valence-electron chi connectivity index (χ4n) is 4.01. The van der Waals surface area contributed by atoms with E-state index in [0.717, 1.165) is 54.7 Å². The second-order valence-corrected chi connectivity index (χ2v) is 8.99. The molecule has 0 atom stereocenters. The van der Waals surface area contributed by atoms with E-state index < -0.39 is 0 Å². The number of likely N-dealkylation sites (tertiary alicyclic amines) is 1. The molecule has 2 fully saturated rings. The zero-order valence-electron chi connectivity index (χ0n) is 15.9. The molecule has 1 saturated heterocycles. The number of nitrogens with two attached hydrogens (primary N) is 1. The largest absolute Gasteiger partial charge is 0.397 e. The van der Waals surface area contributed by atoms with E-state index in [2.05, 4.69) is 12.2 Å². The lowest BCUT2D eigenvalue weighted by atomic mass is 9.76. The van der Waals surface area contributed by atoms with Crippen molar-refractivity contribution in [3.63, 3.8) is 0 Å². The van der Waals surface area contributed by atoms with Crippen LogP contribution in [0.4, 0.5) is 5.69 Å². The minimum Gasteiger partial charge on any atom is -0.397 e. The molecule has 144 valence electrons. The summed E-state index contributed by atoms with van der Waals surface area (Å²) in [5.74, 6) is 0.431. The van der Waals surface area contributed by atoms with E-state index in [1.54, 1.807) is 7.05 Å². The summed E-state index contributed by atoms with van der Waals surface area (Å²) in [6.45, 7) is 3.81. The number of aromatic nitrogens is 1. The zero-order valence-corrected chi connectivity index (χ0v) is 16.7. The first kappa shape index (κ1) is 18.2. The number of piperidine rings is 1. The molecule has 0 aromatic carbocycles. The maximum absolute atomic E-state index is 12.5. The van der Waals surface area contributed by atoms with Crippen molar-refractivity contribution in [2.45, 2.75) is 44.4 Å². The normalized spacial score (nSPS) is 19.7. The third-order valence-corrected chi connectivity index (χ3v) is 7.39. The number of hydrogen-bond acceptors (Lipinski definition) is 5. The topological polar surface area (TPSA) is 88.3 Å². The van der Waals surface area contributed by atoms with Crippen molar-refractivity contribution in [3.8, 4) is 0 Å². The number of nitrogens with zero attached hydrogens (tertiary/aromatic N) is 2. The van der Waals surface area contributed by atoms with Gasteiger partial charge in [-0.3, -0.25) is 9.59 Å². The van der Waals surface area contributed by atoms with Gasteiger partial charge in [0, 0.05) is 42.6 Å². The SMILES string of the molecule is CNC(=O)c1sc2nc(C3(C)CCN(C(=O)C4CCC4)CC3)ccc2c1N. The molecule has 4 rings (SSSR count). The minimum absolute atomic E-state index is 0.0590. The molecule has 0 spiro atoms. The lowest BCUT2D eigenvalue weighted by Gasteiger charge is -2.41. The number of nitrogens with one attached hydrogen (secondary N) is 1. The summed E-state index contributed by atoms with van der Waals surface area (Å²) < 4.78 is 0. The quantitative estimate of drug-likeness (QED) is 0.849. The maximum atomic E-state index is 12.5. The van der Waals surface area contributed by atoms with Crippen LogP contribution in [0, 0.1) is 5.92 Å². The first-order valence-electron chi connectivity index (χ1n) is 9.63. The van der Waals surface area contributed by atoms with Gasteiger partial charge in [0.1, 0.15) is 9.71 Å². The summed E-state index contributed by atoms with van der Waals surface area (Å²) in [6, 6.07) is 4.01. The Balaban J connectivity index is 1.55. The fraction of sp³-hybridized carbons (Fsp3) is 0.550. The lowest BCUT2D eigenvalue weighted by molar-refractivity contribution is -0.139. The second kappa shape index (κ2) is 6.78. The molecule has 27 heavy (non-hydrogen) atoms. The smallest absolute Gasteiger partial charge is 0.263 e. The predicted octanol–water partition coefficient (Wildman–Crippen LogP) is 2.92. The van der Waals surface area contributed by atoms with Crippen molar-refractivity contribution < 1.29 is 9.59 Å². The van der Waals surface area contributed by atoms with Gasteiger partial charge in [-0.1, -0.05) is 13.3 Å². The molecule has 0 bridgehead atoms. The average molecular weight is 387 g/mol. The number of pyridine rings is 1. The van der Waals surface area contributed by atoms with Gasteiger partial charge < -0.3 is 16.0 Å². The molecule has 1 saturated carbocycles. The van der Waals surface area contributed by atoms with Crippen LogP contribution in [-0.4, -0.2) is 41.8 Å². The standard InChI is InChI=1S/C20H26N4O2S/c1-20(8-10-24(11-9-20)19(26)12-4-3-5-12)14-7-6-13-15(21)16(17(25)22-2)27-18(13)23-14/h6-7,12H,3-5,8-11,21H2,1-2H3,(H,22,25). The second-order valence-electron chi connectivity index (χ2n) is 7.99. The number of thiophene rings is 1. The van der Waals surface area contributed by atoms with Gasteiger partial charge in [-0.2, -0.15) is 0 Å². The Bertz CT molecular complexity index is 895. The van der Waals surface area contributed by atoms with Crippen molar-refractivity contribution >= 4 is 39.1 Å². The van der Waals surface area contributed by atoms with Crippen molar-refractivity contribution in [3.05, 3.63) is 22.7 Å². The van der Waals surface area contributed by atoms with Gasteiger partial charge in [0.2, 0.25) is 5.91 Å². The first-order chi connectivity index (χ1) is 12.9. The highest BCUT2D eigenvalue weighted by atomic mass is 32.1. The van der Waals surface area contributed by atoms with E-state index in [1.807, 2.05) is 17.0 Å².